The number of carbonyl (C=O) groups is 2. The Morgan fingerprint density at radius 2 is 1.18 bits per heavy atom. The topological polar surface area (TPSA) is 88.1 Å². The van der Waals surface area contributed by atoms with E-state index in [1.165, 1.54) is 0 Å². The predicted octanol–water partition coefficient (Wildman–Crippen LogP) is 4.75. The van der Waals surface area contributed by atoms with Crippen LogP contribution in [0.4, 0.5) is 0 Å². The summed E-state index contributed by atoms with van der Waals surface area (Å²) in [6.45, 7) is 5.04. The molecule has 0 saturated heterocycles. The van der Waals surface area contributed by atoms with Crippen LogP contribution in [0, 0.1) is 0 Å². The van der Waals surface area contributed by atoms with Crippen molar-refractivity contribution in [1.29, 1.82) is 0 Å². The average Bonchev–Trinajstić information content (AvgIpc) is 3.12. The summed E-state index contributed by atoms with van der Waals surface area (Å²) in [6, 6.07) is 13.4. The van der Waals surface area contributed by atoms with E-state index in [-0.39, 0.29) is 0 Å². The highest BCUT2D eigenvalue weighted by molar-refractivity contribution is 7.55. The molecule has 8 heteroatoms. The molecule has 2 heterocycles. The maximum atomic E-state index is 13.8. The average molecular weight is 402 g/mol. The summed E-state index contributed by atoms with van der Waals surface area (Å²) in [7, 11) is -3.92. The van der Waals surface area contributed by atoms with Crippen LogP contribution >= 0.6 is 7.60 Å². The number of benzene rings is 2. The third-order valence-corrected chi connectivity index (χ3v) is 7.17. The molecule has 0 saturated carbocycles. The maximum Gasteiger partial charge on any atom is 0.342 e. The molecule has 0 aliphatic carbocycles. The van der Waals surface area contributed by atoms with Crippen LogP contribution in [0.5, 0.6) is 0 Å². The van der Waals surface area contributed by atoms with E-state index in [0.29, 0.717) is 22.3 Å². The fraction of sp³-hybridized carbons (Fsp3) is 0.300. The monoisotopic (exact) mass is 402 g/mol. The zero-order chi connectivity index (χ0) is 20.1. The highest BCUT2D eigenvalue weighted by Gasteiger charge is 2.49. The molecule has 0 bridgehead atoms. The molecular formula is C20H19O7P. The fourth-order valence-electron chi connectivity index (χ4n) is 2.97. The summed E-state index contributed by atoms with van der Waals surface area (Å²) < 4.78 is 35.8. The van der Waals surface area contributed by atoms with Gasteiger partial charge in [0.05, 0.1) is 16.3 Å². The van der Waals surface area contributed by atoms with Gasteiger partial charge in [0.1, 0.15) is 0 Å². The number of rotatable bonds is 4. The summed E-state index contributed by atoms with van der Waals surface area (Å²) in [5.74, 6) is -1.11. The van der Waals surface area contributed by atoms with E-state index in [1.807, 2.05) is 0 Å². The van der Waals surface area contributed by atoms with Gasteiger partial charge in [-0.1, -0.05) is 36.4 Å². The molecule has 0 aromatic heterocycles. The van der Waals surface area contributed by atoms with Crippen LogP contribution in [-0.4, -0.2) is 17.1 Å². The van der Waals surface area contributed by atoms with E-state index < -0.39 is 37.3 Å². The zero-order valence-electron chi connectivity index (χ0n) is 15.6. The van der Waals surface area contributed by atoms with Crippen molar-refractivity contribution in [3.8, 4) is 0 Å². The Morgan fingerprint density at radius 3 is 1.57 bits per heavy atom. The van der Waals surface area contributed by atoms with Gasteiger partial charge in [0.15, 0.2) is 0 Å². The Balaban J connectivity index is 1.65. The van der Waals surface area contributed by atoms with Gasteiger partial charge in [-0.05, 0) is 32.9 Å². The molecule has 2 aromatic rings. The van der Waals surface area contributed by atoms with Gasteiger partial charge in [-0.25, -0.2) is 9.59 Å². The zero-order valence-corrected chi connectivity index (χ0v) is 16.5. The number of esters is 2. The molecular weight excluding hydrogens is 383 g/mol. The van der Waals surface area contributed by atoms with Crippen molar-refractivity contribution >= 4 is 19.5 Å². The normalized spacial score (nSPS) is 22.8. The van der Waals surface area contributed by atoms with Crippen molar-refractivity contribution in [3.63, 3.8) is 0 Å². The molecule has 7 nitrogen and oxygen atoms in total. The number of hydrogen-bond acceptors (Lipinski definition) is 7. The molecule has 2 aromatic carbocycles. The van der Waals surface area contributed by atoms with Crippen molar-refractivity contribution in [1.82, 2.24) is 0 Å². The van der Waals surface area contributed by atoms with Crippen LogP contribution in [0.25, 0.3) is 0 Å². The Morgan fingerprint density at radius 1 is 0.786 bits per heavy atom. The second kappa shape index (κ2) is 6.55. The third kappa shape index (κ3) is 3.05. The highest BCUT2D eigenvalue weighted by atomic mass is 31.2. The molecule has 2 atom stereocenters. The molecule has 4 rings (SSSR count). The van der Waals surface area contributed by atoms with Gasteiger partial charge in [-0.15, -0.1) is 0 Å². The number of cyclic esters (lactones) is 2. The number of hydrogen-bond donors (Lipinski definition) is 0. The lowest BCUT2D eigenvalue weighted by Crippen LogP contribution is -2.22. The van der Waals surface area contributed by atoms with Crippen LogP contribution in [-0.2, 0) is 23.1 Å². The number of fused-ring (bicyclic) bond motifs is 2. The van der Waals surface area contributed by atoms with Crippen LogP contribution in [0.3, 0.4) is 0 Å². The van der Waals surface area contributed by atoms with Crippen molar-refractivity contribution < 1.29 is 32.7 Å². The molecule has 146 valence electrons. The Labute approximate surface area is 162 Å². The largest absolute Gasteiger partial charge is 0.427 e. The summed E-state index contributed by atoms with van der Waals surface area (Å²) in [4.78, 5) is 24.1. The third-order valence-electron chi connectivity index (χ3n) is 4.59. The molecule has 2 aliphatic rings. The first kappa shape index (κ1) is 18.9. The maximum absolute atomic E-state index is 13.8. The molecule has 2 unspecified atom stereocenters. The lowest BCUT2D eigenvalue weighted by molar-refractivity contribution is -0.0789. The van der Waals surface area contributed by atoms with Crippen molar-refractivity contribution in [2.24, 2.45) is 0 Å². The quantitative estimate of drug-likeness (QED) is 0.539. The number of ether oxygens (including phenoxy) is 2. The Hall–Kier alpha value is -2.47. The van der Waals surface area contributed by atoms with E-state index in [4.69, 9.17) is 18.5 Å². The van der Waals surface area contributed by atoms with Crippen LogP contribution in [0.2, 0.25) is 0 Å². The van der Waals surface area contributed by atoms with Crippen molar-refractivity contribution in [2.45, 2.75) is 38.5 Å². The molecule has 28 heavy (non-hydrogen) atoms. The molecule has 0 fully saturated rings. The second-order valence-electron chi connectivity index (χ2n) is 7.53. The lowest BCUT2D eigenvalue weighted by Gasteiger charge is -2.32. The van der Waals surface area contributed by atoms with Crippen molar-refractivity contribution in [3.05, 3.63) is 70.8 Å². The molecule has 0 N–H and O–H groups in total. The van der Waals surface area contributed by atoms with E-state index in [0.717, 1.165) is 0 Å². The summed E-state index contributed by atoms with van der Waals surface area (Å²) >= 11 is 0. The van der Waals surface area contributed by atoms with Gasteiger partial charge >= 0.3 is 19.5 Å². The Kier molecular flexibility index (Phi) is 4.42. The van der Waals surface area contributed by atoms with E-state index in [9.17, 15) is 14.2 Å². The van der Waals surface area contributed by atoms with Crippen molar-refractivity contribution in [2.75, 3.05) is 0 Å². The first-order chi connectivity index (χ1) is 13.2. The number of carbonyl (C=O) groups excluding carboxylic acids is 2. The Bertz CT molecular complexity index is 936. The standard InChI is InChI=1S/C20H19O7P/c1-20(2,3)28(23,26-18-14-10-6-4-8-12(14)16(21)24-18)27-19-15-11-7-5-9-13(15)17(22)25-19/h4-11,18-19H,1-3H3. The van der Waals surface area contributed by atoms with Gasteiger partial charge < -0.3 is 9.47 Å². The van der Waals surface area contributed by atoms with Gasteiger partial charge in [-0.3, -0.25) is 13.6 Å². The fourth-order valence-corrected chi connectivity index (χ4v) is 4.47. The van der Waals surface area contributed by atoms with Gasteiger partial charge in [-0.2, -0.15) is 0 Å². The highest BCUT2D eigenvalue weighted by Crippen LogP contribution is 2.65. The molecule has 0 spiro atoms. The summed E-state index contributed by atoms with van der Waals surface area (Å²) in [5, 5.41) is -0.971. The van der Waals surface area contributed by atoms with E-state index in [1.54, 1.807) is 69.3 Å². The smallest absolute Gasteiger partial charge is 0.342 e. The summed E-state index contributed by atoms with van der Waals surface area (Å²) in [5.41, 5.74) is 1.66. The van der Waals surface area contributed by atoms with E-state index >= 15 is 0 Å². The molecule has 0 radical (unpaired) electrons. The predicted molar refractivity (Wildman–Crippen MR) is 98.7 cm³/mol. The van der Waals surface area contributed by atoms with Gasteiger partial charge in [0.2, 0.25) is 12.6 Å². The van der Waals surface area contributed by atoms with Crippen LogP contribution in [0.1, 0.15) is 65.2 Å². The first-order valence-electron chi connectivity index (χ1n) is 8.76. The molecule has 0 amide bonds. The minimum Gasteiger partial charge on any atom is -0.427 e. The minimum atomic E-state index is -3.92. The van der Waals surface area contributed by atoms with Gasteiger partial charge in [0.25, 0.3) is 0 Å². The molecule has 2 aliphatic heterocycles. The second-order valence-corrected chi connectivity index (χ2v) is 10.3. The minimum absolute atomic E-state index is 0.352. The van der Waals surface area contributed by atoms with E-state index in [2.05, 4.69) is 0 Å². The summed E-state index contributed by atoms with van der Waals surface area (Å²) in [6.07, 6.45) is -2.33. The SMILES string of the molecule is CC(C)(C)P(=O)(OC1OC(=O)c2ccccc21)OC1OC(=O)c2ccccc21. The van der Waals surface area contributed by atoms with Crippen LogP contribution < -0.4 is 0 Å². The lowest BCUT2D eigenvalue weighted by atomic mass is 10.1. The van der Waals surface area contributed by atoms with Crippen LogP contribution in [0.15, 0.2) is 48.5 Å². The van der Waals surface area contributed by atoms with Gasteiger partial charge in [0, 0.05) is 11.1 Å². The first-order valence-corrected chi connectivity index (χ1v) is 10.3.